The first-order valence-corrected chi connectivity index (χ1v) is 10.4. The molecule has 3 aromatic rings. The molecule has 0 fully saturated rings. The van der Waals surface area contributed by atoms with Crippen molar-refractivity contribution in [1.82, 2.24) is 14.5 Å². The van der Waals surface area contributed by atoms with Crippen LogP contribution < -0.4 is 5.32 Å². The van der Waals surface area contributed by atoms with Gasteiger partial charge < -0.3 is 5.32 Å². The zero-order valence-electron chi connectivity index (χ0n) is 14.0. The molecule has 2 aromatic carbocycles. The van der Waals surface area contributed by atoms with Crippen LogP contribution in [0.5, 0.6) is 0 Å². The number of amides is 1. The van der Waals surface area contributed by atoms with Crippen molar-refractivity contribution in [2.24, 2.45) is 0 Å². The van der Waals surface area contributed by atoms with Crippen LogP contribution in [0.25, 0.3) is 0 Å². The van der Waals surface area contributed by atoms with E-state index in [2.05, 4.69) is 31.4 Å². The smallest absolute Gasteiger partial charge is 0.256 e. The van der Waals surface area contributed by atoms with Crippen molar-refractivity contribution in [3.05, 3.63) is 75.9 Å². The molecule has 7 nitrogen and oxygen atoms in total. The molecule has 0 saturated heterocycles. The maximum absolute atomic E-state index is 12.8. The van der Waals surface area contributed by atoms with Crippen molar-refractivity contribution < 1.29 is 13.2 Å². The summed E-state index contributed by atoms with van der Waals surface area (Å²) in [5, 5.41) is 9.71. The lowest BCUT2D eigenvalue weighted by atomic mass is 10.2. The lowest BCUT2D eigenvalue weighted by molar-refractivity contribution is 0.102. The highest BCUT2D eigenvalue weighted by molar-refractivity contribution is 9.10. The standard InChI is InChI=1S/C18H15BrN4O3S/c19-13-6-4-5-12(9-13)18(24)20-17-15-10-23(11-16(15)21-22-17)27(25,26)14-7-2-1-3-8-14/h1-9H,10-11H2,(H2,20,21,22,24). The Bertz CT molecular complexity index is 1110. The van der Waals surface area contributed by atoms with E-state index in [1.54, 1.807) is 48.5 Å². The van der Waals surface area contributed by atoms with Gasteiger partial charge in [0, 0.05) is 22.1 Å². The Kier molecular flexibility index (Phi) is 4.58. The minimum Gasteiger partial charge on any atom is -0.305 e. The monoisotopic (exact) mass is 446 g/mol. The highest BCUT2D eigenvalue weighted by Crippen LogP contribution is 2.31. The maximum atomic E-state index is 12.8. The van der Waals surface area contributed by atoms with Crippen LogP contribution in [0.3, 0.4) is 0 Å². The molecule has 138 valence electrons. The molecule has 9 heteroatoms. The SMILES string of the molecule is O=C(Nc1n[nH]c2c1CN(S(=O)(=O)c1ccccc1)C2)c1cccc(Br)c1. The fourth-order valence-electron chi connectivity index (χ4n) is 2.94. The molecule has 4 rings (SSSR count). The van der Waals surface area contributed by atoms with E-state index >= 15 is 0 Å². The molecule has 0 saturated carbocycles. The number of carbonyl (C=O) groups is 1. The number of sulfonamides is 1. The number of aromatic amines is 1. The Morgan fingerprint density at radius 3 is 2.63 bits per heavy atom. The first-order valence-electron chi connectivity index (χ1n) is 8.13. The summed E-state index contributed by atoms with van der Waals surface area (Å²) in [6, 6.07) is 15.3. The third kappa shape index (κ3) is 3.41. The Labute approximate surface area is 164 Å². The van der Waals surface area contributed by atoms with Gasteiger partial charge in [0.2, 0.25) is 10.0 Å². The van der Waals surface area contributed by atoms with Gasteiger partial charge in [0.15, 0.2) is 5.82 Å². The zero-order valence-corrected chi connectivity index (χ0v) is 16.4. The van der Waals surface area contributed by atoms with Crippen molar-refractivity contribution >= 4 is 37.7 Å². The van der Waals surface area contributed by atoms with Crippen LogP contribution in [-0.4, -0.2) is 28.8 Å². The van der Waals surface area contributed by atoms with E-state index in [0.29, 0.717) is 22.6 Å². The molecule has 0 atom stereocenters. The van der Waals surface area contributed by atoms with E-state index in [0.717, 1.165) is 4.47 Å². The van der Waals surface area contributed by atoms with Crippen molar-refractivity contribution in [3.8, 4) is 0 Å². The molecular formula is C18H15BrN4O3S. The zero-order chi connectivity index (χ0) is 19.0. The number of nitrogens with zero attached hydrogens (tertiary/aromatic N) is 2. The van der Waals surface area contributed by atoms with Crippen LogP contribution in [0.4, 0.5) is 5.82 Å². The Balaban J connectivity index is 1.55. The van der Waals surface area contributed by atoms with E-state index in [-0.39, 0.29) is 23.9 Å². The number of nitrogens with one attached hydrogen (secondary N) is 2. The van der Waals surface area contributed by atoms with Gasteiger partial charge in [-0.1, -0.05) is 40.2 Å². The van der Waals surface area contributed by atoms with Gasteiger partial charge in [0.05, 0.1) is 17.1 Å². The van der Waals surface area contributed by atoms with Gasteiger partial charge in [-0.05, 0) is 30.3 Å². The maximum Gasteiger partial charge on any atom is 0.256 e. The van der Waals surface area contributed by atoms with Gasteiger partial charge in [-0.15, -0.1) is 0 Å². The largest absolute Gasteiger partial charge is 0.305 e. The van der Waals surface area contributed by atoms with Crippen LogP contribution in [0, 0.1) is 0 Å². The van der Waals surface area contributed by atoms with Crippen molar-refractivity contribution in [1.29, 1.82) is 0 Å². The molecule has 0 bridgehead atoms. The number of benzene rings is 2. The van der Waals surface area contributed by atoms with E-state index in [1.165, 1.54) is 4.31 Å². The Morgan fingerprint density at radius 2 is 1.89 bits per heavy atom. The molecule has 1 aromatic heterocycles. The minimum atomic E-state index is -3.61. The molecule has 0 unspecified atom stereocenters. The second-order valence-electron chi connectivity index (χ2n) is 6.08. The average molecular weight is 447 g/mol. The predicted octanol–water partition coefficient (Wildman–Crippen LogP) is 3.13. The molecule has 1 aliphatic rings. The molecule has 1 amide bonds. The van der Waals surface area contributed by atoms with E-state index in [9.17, 15) is 13.2 Å². The second kappa shape index (κ2) is 6.91. The fraction of sp³-hybridized carbons (Fsp3) is 0.111. The second-order valence-corrected chi connectivity index (χ2v) is 8.93. The summed E-state index contributed by atoms with van der Waals surface area (Å²) in [4.78, 5) is 12.7. The lowest BCUT2D eigenvalue weighted by Gasteiger charge is -2.16. The molecule has 0 radical (unpaired) electrons. The molecule has 1 aliphatic heterocycles. The number of H-pyrrole nitrogens is 1. The summed E-state index contributed by atoms with van der Waals surface area (Å²) in [6.07, 6.45) is 0. The highest BCUT2D eigenvalue weighted by atomic mass is 79.9. The van der Waals surface area contributed by atoms with Gasteiger partial charge in [-0.3, -0.25) is 9.89 Å². The Hall–Kier alpha value is -2.49. The molecule has 2 N–H and O–H groups in total. The summed E-state index contributed by atoms with van der Waals surface area (Å²) in [5.74, 6) is 0.0377. The molecule has 27 heavy (non-hydrogen) atoms. The number of aromatic nitrogens is 2. The normalized spacial score (nSPS) is 14.1. The van der Waals surface area contributed by atoms with Crippen LogP contribution in [0.2, 0.25) is 0 Å². The quantitative estimate of drug-likeness (QED) is 0.643. The first kappa shape index (κ1) is 17.9. The summed E-state index contributed by atoms with van der Waals surface area (Å²) < 4.78 is 27.7. The third-order valence-corrected chi connectivity index (χ3v) is 6.62. The van der Waals surface area contributed by atoms with Gasteiger partial charge >= 0.3 is 0 Å². The summed E-state index contributed by atoms with van der Waals surface area (Å²) >= 11 is 3.33. The van der Waals surface area contributed by atoms with E-state index in [4.69, 9.17) is 0 Å². The van der Waals surface area contributed by atoms with Crippen molar-refractivity contribution in [3.63, 3.8) is 0 Å². The van der Waals surface area contributed by atoms with E-state index in [1.807, 2.05) is 6.07 Å². The van der Waals surface area contributed by atoms with Gasteiger partial charge in [0.1, 0.15) is 0 Å². The lowest BCUT2D eigenvalue weighted by Crippen LogP contribution is -2.26. The number of fused-ring (bicyclic) bond motifs is 1. The number of anilines is 1. The molecular weight excluding hydrogens is 432 g/mol. The molecule has 2 heterocycles. The van der Waals surface area contributed by atoms with Crippen molar-refractivity contribution in [2.45, 2.75) is 18.0 Å². The van der Waals surface area contributed by atoms with Gasteiger partial charge in [0.25, 0.3) is 5.91 Å². The fourth-order valence-corrected chi connectivity index (χ4v) is 4.73. The molecule has 0 aliphatic carbocycles. The van der Waals surface area contributed by atoms with Crippen LogP contribution in [-0.2, 0) is 23.1 Å². The minimum absolute atomic E-state index is 0.150. The number of rotatable bonds is 4. The molecule has 0 spiro atoms. The Morgan fingerprint density at radius 1 is 1.11 bits per heavy atom. The number of halogens is 1. The topological polar surface area (TPSA) is 95.2 Å². The summed E-state index contributed by atoms with van der Waals surface area (Å²) in [7, 11) is -3.61. The number of carbonyl (C=O) groups excluding carboxylic acids is 1. The van der Waals surface area contributed by atoms with Crippen LogP contribution in [0.1, 0.15) is 21.6 Å². The first-order chi connectivity index (χ1) is 12.9. The van der Waals surface area contributed by atoms with E-state index < -0.39 is 10.0 Å². The predicted molar refractivity (Wildman–Crippen MR) is 104 cm³/mol. The van der Waals surface area contributed by atoms with Crippen molar-refractivity contribution in [2.75, 3.05) is 5.32 Å². The van der Waals surface area contributed by atoms with Crippen LogP contribution >= 0.6 is 15.9 Å². The highest BCUT2D eigenvalue weighted by Gasteiger charge is 2.34. The summed E-state index contributed by atoms with van der Waals surface area (Å²) in [6.45, 7) is 0.337. The van der Waals surface area contributed by atoms with Gasteiger partial charge in [-0.25, -0.2) is 8.42 Å². The van der Waals surface area contributed by atoms with Crippen LogP contribution in [0.15, 0.2) is 64.0 Å². The third-order valence-electron chi connectivity index (χ3n) is 4.32. The summed E-state index contributed by atoms with van der Waals surface area (Å²) in [5.41, 5.74) is 1.84. The average Bonchev–Trinajstić information content (AvgIpc) is 3.25. The van der Waals surface area contributed by atoms with Gasteiger partial charge in [-0.2, -0.15) is 9.40 Å². The number of hydrogen-bond donors (Lipinski definition) is 2. The number of hydrogen-bond acceptors (Lipinski definition) is 4.